The van der Waals surface area contributed by atoms with Crippen molar-refractivity contribution in [2.75, 3.05) is 0 Å². The number of carboxylic acid groups (broad SMARTS) is 1. The van der Waals surface area contributed by atoms with Crippen molar-refractivity contribution < 1.29 is 9.90 Å². The van der Waals surface area contributed by atoms with E-state index in [2.05, 4.69) is 15.2 Å². The number of aliphatic carboxylic acids is 1. The van der Waals surface area contributed by atoms with Crippen molar-refractivity contribution in [1.82, 2.24) is 15.2 Å². The van der Waals surface area contributed by atoms with Gasteiger partial charge >= 0.3 is 5.97 Å². The first-order valence-electron chi connectivity index (χ1n) is 3.07. The van der Waals surface area contributed by atoms with Crippen LogP contribution in [0.1, 0.15) is 18.5 Å². The van der Waals surface area contributed by atoms with E-state index in [1.807, 2.05) is 0 Å². The minimum Gasteiger partial charge on any atom is -0.481 e. The van der Waals surface area contributed by atoms with Crippen molar-refractivity contribution in [3.63, 3.8) is 0 Å². The molecule has 0 saturated carbocycles. The summed E-state index contributed by atoms with van der Waals surface area (Å²) in [6.07, 6.45) is 2.58. The Kier molecular flexibility index (Phi) is 2.10. The number of carboxylic acids is 1. The van der Waals surface area contributed by atoms with Crippen LogP contribution in [0.25, 0.3) is 0 Å². The minimum absolute atomic E-state index is 0.424. The fourth-order valence-electron chi connectivity index (χ4n) is 0.598. The van der Waals surface area contributed by atoms with Gasteiger partial charge in [-0.05, 0) is 6.92 Å². The van der Waals surface area contributed by atoms with Gasteiger partial charge in [-0.3, -0.25) is 4.79 Å². The largest absolute Gasteiger partial charge is 0.481 e. The molecule has 1 aromatic heterocycles. The Morgan fingerprint density at radius 2 is 2.36 bits per heavy atom. The normalized spacial score (nSPS) is 12.5. The highest BCUT2D eigenvalue weighted by Crippen LogP contribution is 2.08. The predicted molar refractivity (Wildman–Crippen MR) is 35.9 cm³/mol. The average molecular weight is 153 g/mol. The predicted octanol–water partition coefficient (Wildman–Crippen LogP) is 0.0597. The molecular weight excluding hydrogens is 146 g/mol. The number of carbonyl (C=O) groups is 1. The van der Waals surface area contributed by atoms with Crippen LogP contribution in [0.4, 0.5) is 0 Å². The molecular formula is C6H7N3O2. The molecule has 1 aromatic rings. The van der Waals surface area contributed by atoms with Gasteiger partial charge in [-0.1, -0.05) is 0 Å². The van der Waals surface area contributed by atoms with Gasteiger partial charge in [0.15, 0.2) is 0 Å². The third-order valence-electron chi connectivity index (χ3n) is 1.33. The minimum atomic E-state index is -0.912. The van der Waals surface area contributed by atoms with Gasteiger partial charge < -0.3 is 5.11 Å². The number of nitrogens with zero attached hydrogens (tertiary/aromatic N) is 3. The van der Waals surface area contributed by atoms with Crippen molar-refractivity contribution >= 4 is 5.97 Å². The molecule has 5 heteroatoms. The standard InChI is InChI=1S/C6H7N3O2/c1-4(6(10)11)5-2-8-9-3-7-5/h2-4H,1H3,(H,10,11). The lowest BCUT2D eigenvalue weighted by molar-refractivity contribution is -0.138. The maximum absolute atomic E-state index is 10.4. The van der Waals surface area contributed by atoms with E-state index in [0.29, 0.717) is 5.69 Å². The Balaban J connectivity index is 2.85. The molecule has 0 amide bonds. The van der Waals surface area contributed by atoms with Crippen molar-refractivity contribution in [2.24, 2.45) is 0 Å². The van der Waals surface area contributed by atoms with Crippen LogP contribution in [0.5, 0.6) is 0 Å². The lowest BCUT2D eigenvalue weighted by atomic mass is 10.1. The first kappa shape index (κ1) is 7.59. The van der Waals surface area contributed by atoms with E-state index >= 15 is 0 Å². The lowest BCUT2D eigenvalue weighted by Crippen LogP contribution is -2.09. The molecule has 0 aliphatic carbocycles. The molecule has 0 aliphatic heterocycles. The zero-order valence-corrected chi connectivity index (χ0v) is 5.93. The van der Waals surface area contributed by atoms with Gasteiger partial charge in [0.25, 0.3) is 0 Å². The van der Waals surface area contributed by atoms with Gasteiger partial charge in [0, 0.05) is 0 Å². The van der Waals surface area contributed by atoms with E-state index in [-0.39, 0.29) is 0 Å². The SMILES string of the molecule is CC(C(=O)O)c1cnncn1. The molecule has 0 fully saturated rings. The molecule has 0 spiro atoms. The van der Waals surface area contributed by atoms with Gasteiger partial charge in [0.05, 0.1) is 17.8 Å². The second-order valence-corrected chi connectivity index (χ2v) is 2.09. The topological polar surface area (TPSA) is 76.0 Å². The van der Waals surface area contributed by atoms with E-state index < -0.39 is 11.9 Å². The van der Waals surface area contributed by atoms with Crippen LogP contribution in [0.15, 0.2) is 12.5 Å². The third-order valence-corrected chi connectivity index (χ3v) is 1.33. The van der Waals surface area contributed by atoms with Crippen LogP contribution in [-0.4, -0.2) is 26.3 Å². The van der Waals surface area contributed by atoms with E-state index in [4.69, 9.17) is 5.11 Å². The highest BCUT2D eigenvalue weighted by molar-refractivity contribution is 5.74. The van der Waals surface area contributed by atoms with Crippen molar-refractivity contribution in [2.45, 2.75) is 12.8 Å². The Bertz CT molecular complexity index is 249. The van der Waals surface area contributed by atoms with E-state index in [0.717, 1.165) is 0 Å². The average Bonchev–Trinajstić information content (AvgIpc) is 2.05. The molecule has 0 bridgehead atoms. The van der Waals surface area contributed by atoms with Crippen molar-refractivity contribution in [3.8, 4) is 0 Å². The molecule has 11 heavy (non-hydrogen) atoms. The maximum Gasteiger partial charge on any atom is 0.312 e. The molecule has 1 atom stereocenters. The summed E-state index contributed by atoms with van der Waals surface area (Å²) in [7, 11) is 0. The molecule has 0 aromatic carbocycles. The first-order valence-corrected chi connectivity index (χ1v) is 3.07. The molecule has 1 unspecified atom stereocenters. The highest BCUT2D eigenvalue weighted by Gasteiger charge is 2.14. The molecule has 5 nitrogen and oxygen atoms in total. The first-order chi connectivity index (χ1) is 5.22. The zero-order chi connectivity index (χ0) is 8.27. The third kappa shape index (κ3) is 1.70. The summed E-state index contributed by atoms with van der Waals surface area (Å²) in [4.78, 5) is 14.2. The Hall–Kier alpha value is -1.52. The number of rotatable bonds is 2. The summed E-state index contributed by atoms with van der Waals surface area (Å²) < 4.78 is 0. The number of hydrogen-bond acceptors (Lipinski definition) is 4. The molecule has 1 heterocycles. The summed E-state index contributed by atoms with van der Waals surface area (Å²) in [6.45, 7) is 1.55. The summed E-state index contributed by atoms with van der Waals surface area (Å²) >= 11 is 0. The summed E-state index contributed by atoms with van der Waals surface area (Å²) in [5.74, 6) is -1.53. The summed E-state index contributed by atoms with van der Waals surface area (Å²) in [6, 6.07) is 0. The van der Waals surface area contributed by atoms with E-state index in [1.165, 1.54) is 12.5 Å². The smallest absolute Gasteiger partial charge is 0.312 e. The lowest BCUT2D eigenvalue weighted by Gasteiger charge is -2.01. The molecule has 0 aliphatic rings. The molecule has 58 valence electrons. The molecule has 0 saturated heterocycles. The van der Waals surface area contributed by atoms with Crippen LogP contribution < -0.4 is 0 Å². The van der Waals surface area contributed by atoms with Crippen LogP contribution in [0.3, 0.4) is 0 Å². The Morgan fingerprint density at radius 1 is 1.64 bits per heavy atom. The fraction of sp³-hybridized carbons (Fsp3) is 0.333. The second-order valence-electron chi connectivity index (χ2n) is 2.09. The number of aromatic nitrogens is 3. The zero-order valence-electron chi connectivity index (χ0n) is 5.93. The van der Waals surface area contributed by atoms with Gasteiger partial charge in [-0.2, -0.15) is 5.10 Å². The molecule has 1 N–H and O–H groups in total. The van der Waals surface area contributed by atoms with Crippen LogP contribution >= 0.6 is 0 Å². The van der Waals surface area contributed by atoms with Gasteiger partial charge in [-0.15, -0.1) is 5.10 Å². The van der Waals surface area contributed by atoms with Crippen LogP contribution in [0, 0.1) is 0 Å². The van der Waals surface area contributed by atoms with E-state index in [9.17, 15) is 4.79 Å². The van der Waals surface area contributed by atoms with Crippen LogP contribution in [-0.2, 0) is 4.79 Å². The van der Waals surface area contributed by atoms with E-state index in [1.54, 1.807) is 6.92 Å². The quantitative estimate of drug-likeness (QED) is 0.650. The summed E-state index contributed by atoms with van der Waals surface area (Å²) in [5.41, 5.74) is 0.424. The maximum atomic E-state index is 10.4. The van der Waals surface area contributed by atoms with Crippen LogP contribution in [0.2, 0.25) is 0 Å². The fourth-order valence-corrected chi connectivity index (χ4v) is 0.598. The highest BCUT2D eigenvalue weighted by atomic mass is 16.4. The monoisotopic (exact) mass is 153 g/mol. The van der Waals surface area contributed by atoms with Crippen molar-refractivity contribution in [1.29, 1.82) is 0 Å². The summed E-state index contributed by atoms with van der Waals surface area (Å²) in [5, 5.41) is 15.5. The van der Waals surface area contributed by atoms with Gasteiger partial charge in [-0.25, -0.2) is 4.98 Å². The van der Waals surface area contributed by atoms with Gasteiger partial charge in [0.1, 0.15) is 6.33 Å². The Morgan fingerprint density at radius 3 is 2.82 bits per heavy atom. The Labute approximate surface area is 63.1 Å². The second kappa shape index (κ2) is 3.05. The molecule has 0 radical (unpaired) electrons. The number of hydrogen-bond donors (Lipinski definition) is 1. The van der Waals surface area contributed by atoms with Gasteiger partial charge in [0.2, 0.25) is 0 Å². The molecule has 1 rings (SSSR count). The van der Waals surface area contributed by atoms with Crippen molar-refractivity contribution in [3.05, 3.63) is 18.2 Å².